The van der Waals surface area contributed by atoms with Crippen LogP contribution < -0.4 is 14.8 Å². The highest BCUT2D eigenvalue weighted by atomic mass is 16.5. The molecule has 27 heavy (non-hydrogen) atoms. The lowest BCUT2D eigenvalue weighted by molar-refractivity contribution is -0.142. The summed E-state index contributed by atoms with van der Waals surface area (Å²) in [6.07, 6.45) is 0. The molecule has 0 aromatic heterocycles. The number of carbonyl (C=O) groups excluding carboxylic acids is 2. The molecule has 6 nitrogen and oxygen atoms in total. The molecule has 1 N–H and O–H groups in total. The standard InChI is InChI=1S/C21H26N2O4/c1-15-6-5-7-19(12-15)27-14-20(24)23(16(2)21(25)22-3)13-17-8-10-18(26-4)11-9-17/h5-12,16H,13-14H2,1-4H3,(H,22,25)/t16-/m0/s1. The number of hydrogen-bond donors (Lipinski definition) is 1. The molecule has 0 spiro atoms. The van der Waals surface area contributed by atoms with Gasteiger partial charge in [0, 0.05) is 13.6 Å². The molecule has 2 aromatic carbocycles. The second-order valence-corrected chi connectivity index (χ2v) is 6.27. The third-order valence-electron chi connectivity index (χ3n) is 4.28. The smallest absolute Gasteiger partial charge is 0.261 e. The minimum atomic E-state index is -0.620. The summed E-state index contributed by atoms with van der Waals surface area (Å²) >= 11 is 0. The highest BCUT2D eigenvalue weighted by Crippen LogP contribution is 2.16. The van der Waals surface area contributed by atoms with Crippen molar-refractivity contribution in [3.8, 4) is 11.5 Å². The van der Waals surface area contributed by atoms with E-state index in [-0.39, 0.29) is 18.4 Å². The molecule has 0 saturated heterocycles. The average Bonchev–Trinajstić information content (AvgIpc) is 2.69. The molecule has 144 valence electrons. The van der Waals surface area contributed by atoms with Gasteiger partial charge in [-0.1, -0.05) is 24.3 Å². The van der Waals surface area contributed by atoms with E-state index in [4.69, 9.17) is 9.47 Å². The van der Waals surface area contributed by atoms with Crippen LogP contribution in [0, 0.1) is 6.92 Å². The SMILES string of the molecule is CNC(=O)[C@H](C)N(Cc1ccc(OC)cc1)C(=O)COc1cccc(C)c1. The molecule has 6 heteroatoms. The lowest BCUT2D eigenvalue weighted by Gasteiger charge is -2.28. The fourth-order valence-corrected chi connectivity index (χ4v) is 2.65. The van der Waals surface area contributed by atoms with Gasteiger partial charge in [-0.05, 0) is 49.2 Å². The number of nitrogens with zero attached hydrogens (tertiary/aromatic N) is 1. The van der Waals surface area contributed by atoms with Gasteiger partial charge in [0.05, 0.1) is 7.11 Å². The minimum Gasteiger partial charge on any atom is -0.497 e. The molecular weight excluding hydrogens is 344 g/mol. The first-order valence-corrected chi connectivity index (χ1v) is 8.78. The fourth-order valence-electron chi connectivity index (χ4n) is 2.65. The van der Waals surface area contributed by atoms with Gasteiger partial charge in [0.2, 0.25) is 5.91 Å². The van der Waals surface area contributed by atoms with E-state index in [1.165, 1.54) is 4.90 Å². The molecule has 2 amide bonds. The summed E-state index contributed by atoms with van der Waals surface area (Å²) < 4.78 is 10.8. The van der Waals surface area contributed by atoms with Crippen LogP contribution in [0.1, 0.15) is 18.1 Å². The number of ether oxygens (including phenoxy) is 2. The molecule has 0 heterocycles. The molecule has 2 aromatic rings. The van der Waals surface area contributed by atoms with Crippen molar-refractivity contribution in [1.29, 1.82) is 0 Å². The summed E-state index contributed by atoms with van der Waals surface area (Å²) in [4.78, 5) is 26.4. The van der Waals surface area contributed by atoms with Gasteiger partial charge < -0.3 is 19.7 Å². The lowest BCUT2D eigenvalue weighted by atomic mass is 10.1. The zero-order valence-corrected chi connectivity index (χ0v) is 16.2. The van der Waals surface area contributed by atoms with Crippen LogP contribution in [0.3, 0.4) is 0 Å². The Hall–Kier alpha value is -3.02. The zero-order chi connectivity index (χ0) is 19.8. The predicted molar refractivity (Wildman–Crippen MR) is 104 cm³/mol. The summed E-state index contributed by atoms with van der Waals surface area (Å²) in [7, 11) is 3.15. The van der Waals surface area contributed by atoms with Gasteiger partial charge >= 0.3 is 0 Å². The van der Waals surface area contributed by atoms with E-state index in [0.717, 1.165) is 16.9 Å². The Balaban J connectivity index is 2.12. The molecule has 0 unspecified atom stereocenters. The maximum Gasteiger partial charge on any atom is 0.261 e. The van der Waals surface area contributed by atoms with Crippen LogP contribution in [0.2, 0.25) is 0 Å². The second-order valence-electron chi connectivity index (χ2n) is 6.27. The zero-order valence-electron chi connectivity index (χ0n) is 16.2. The molecule has 1 atom stereocenters. The summed E-state index contributed by atoms with van der Waals surface area (Å²) in [6.45, 7) is 3.82. The number of likely N-dealkylation sites (N-methyl/N-ethyl adjacent to an activating group) is 1. The third kappa shape index (κ3) is 5.74. The Morgan fingerprint density at radius 3 is 2.41 bits per heavy atom. The number of benzene rings is 2. The van der Waals surface area contributed by atoms with Crippen LogP contribution in [0.4, 0.5) is 0 Å². The van der Waals surface area contributed by atoms with Gasteiger partial charge in [0.1, 0.15) is 17.5 Å². The molecule has 0 aliphatic rings. The van der Waals surface area contributed by atoms with Crippen molar-refractivity contribution >= 4 is 11.8 Å². The van der Waals surface area contributed by atoms with Crippen LogP contribution in [-0.2, 0) is 16.1 Å². The number of rotatable bonds is 8. The van der Waals surface area contributed by atoms with Crippen LogP contribution in [0.25, 0.3) is 0 Å². The number of carbonyl (C=O) groups is 2. The van der Waals surface area contributed by atoms with Crippen molar-refractivity contribution in [2.24, 2.45) is 0 Å². The number of methoxy groups -OCH3 is 1. The maximum absolute atomic E-state index is 12.8. The Morgan fingerprint density at radius 2 is 1.81 bits per heavy atom. The van der Waals surface area contributed by atoms with Crippen molar-refractivity contribution in [2.45, 2.75) is 26.4 Å². The van der Waals surface area contributed by atoms with E-state index in [1.807, 2.05) is 49.4 Å². The van der Waals surface area contributed by atoms with Gasteiger partial charge in [0.25, 0.3) is 5.91 Å². The highest BCUT2D eigenvalue weighted by molar-refractivity contribution is 5.87. The van der Waals surface area contributed by atoms with Crippen LogP contribution in [0.15, 0.2) is 48.5 Å². The lowest BCUT2D eigenvalue weighted by Crippen LogP contribution is -2.48. The van der Waals surface area contributed by atoms with Crippen molar-refractivity contribution in [2.75, 3.05) is 20.8 Å². The first-order valence-electron chi connectivity index (χ1n) is 8.78. The number of hydrogen-bond acceptors (Lipinski definition) is 4. The monoisotopic (exact) mass is 370 g/mol. The summed E-state index contributed by atoms with van der Waals surface area (Å²) in [5.41, 5.74) is 1.95. The molecule has 0 saturated carbocycles. The summed E-state index contributed by atoms with van der Waals surface area (Å²) in [5, 5.41) is 2.59. The molecular formula is C21H26N2O4. The summed E-state index contributed by atoms with van der Waals surface area (Å²) in [5.74, 6) is 0.870. The first kappa shape index (κ1) is 20.3. The fraction of sp³-hybridized carbons (Fsp3) is 0.333. The van der Waals surface area contributed by atoms with E-state index < -0.39 is 6.04 Å². The molecule has 2 rings (SSSR count). The first-order chi connectivity index (χ1) is 12.9. The molecule has 0 radical (unpaired) electrons. The van der Waals surface area contributed by atoms with Crippen molar-refractivity contribution in [3.63, 3.8) is 0 Å². The van der Waals surface area contributed by atoms with Crippen molar-refractivity contribution < 1.29 is 19.1 Å². The van der Waals surface area contributed by atoms with E-state index in [9.17, 15) is 9.59 Å². The van der Waals surface area contributed by atoms with Crippen LogP contribution in [0.5, 0.6) is 11.5 Å². The Bertz CT molecular complexity index is 774. The van der Waals surface area contributed by atoms with E-state index in [0.29, 0.717) is 12.3 Å². The maximum atomic E-state index is 12.8. The third-order valence-corrected chi connectivity index (χ3v) is 4.28. The minimum absolute atomic E-state index is 0.138. The van der Waals surface area contributed by atoms with Gasteiger partial charge in [-0.3, -0.25) is 9.59 Å². The summed E-state index contributed by atoms with van der Waals surface area (Å²) in [6, 6.07) is 14.3. The quantitative estimate of drug-likeness (QED) is 0.775. The molecule has 0 fully saturated rings. The van der Waals surface area contributed by atoms with Gasteiger partial charge in [0.15, 0.2) is 6.61 Å². The van der Waals surface area contributed by atoms with Crippen molar-refractivity contribution in [1.82, 2.24) is 10.2 Å². The predicted octanol–water partition coefficient (Wildman–Crippen LogP) is 2.55. The van der Waals surface area contributed by atoms with Gasteiger partial charge in [-0.15, -0.1) is 0 Å². The van der Waals surface area contributed by atoms with Crippen molar-refractivity contribution in [3.05, 3.63) is 59.7 Å². The second kappa shape index (κ2) is 9.62. The van der Waals surface area contributed by atoms with Gasteiger partial charge in [-0.25, -0.2) is 0 Å². The largest absolute Gasteiger partial charge is 0.497 e. The van der Waals surface area contributed by atoms with E-state index >= 15 is 0 Å². The average molecular weight is 370 g/mol. The Morgan fingerprint density at radius 1 is 1.11 bits per heavy atom. The van der Waals surface area contributed by atoms with Crippen LogP contribution in [-0.4, -0.2) is 43.5 Å². The molecule has 0 aliphatic heterocycles. The normalized spacial score (nSPS) is 11.4. The number of aryl methyl sites for hydroxylation is 1. The molecule has 0 bridgehead atoms. The number of amides is 2. The van der Waals surface area contributed by atoms with Crippen LogP contribution >= 0.6 is 0 Å². The Kier molecular flexibility index (Phi) is 7.23. The highest BCUT2D eigenvalue weighted by Gasteiger charge is 2.25. The topological polar surface area (TPSA) is 67.9 Å². The van der Waals surface area contributed by atoms with E-state index in [1.54, 1.807) is 27.1 Å². The number of nitrogens with one attached hydrogen (secondary N) is 1. The Labute approximate surface area is 160 Å². The van der Waals surface area contributed by atoms with E-state index in [2.05, 4.69) is 5.32 Å². The van der Waals surface area contributed by atoms with Gasteiger partial charge in [-0.2, -0.15) is 0 Å². The molecule has 0 aliphatic carbocycles.